The smallest absolute Gasteiger partial charge is 0.254 e. The molecule has 0 aliphatic carbocycles. The lowest BCUT2D eigenvalue weighted by molar-refractivity contribution is 0.0506. The summed E-state index contributed by atoms with van der Waals surface area (Å²) < 4.78 is 11.0. The van der Waals surface area contributed by atoms with E-state index in [9.17, 15) is 9.59 Å². The maximum Gasteiger partial charge on any atom is 0.254 e. The van der Waals surface area contributed by atoms with E-state index in [1.807, 2.05) is 31.2 Å². The third kappa shape index (κ3) is 4.24. The van der Waals surface area contributed by atoms with Gasteiger partial charge in [0.05, 0.1) is 25.3 Å². The van der Waals surface area contributed by atoms with Gasteiger partial charge in [0.25, 0.3) is 11.5 Å². The monoisotopic (exact) mass is 406 g/mol. The third-order valence-electron chi connectivity index (χ3n) is 5.58. The van der Waals surface area contributed by atoms with Gasteiger partial charge in [-0.1, -0.05) is 24.3 Å². The summed E-state index contributed by atoms with van der Waals surface area (Å²) in [4.78, 5) is 30.8. The first-order valence-electron chi connectivity index (χ1n) is 10.2. The molecule has 0 spiro atoms. The van der Waals surface area contributed by atoms with Crippen LogP contribution in [-0.2, 0) is 11.3 Å². The first-order chi connectivity index (χ1) is 14.5. The Morgan fingerprint density at radius 1 is 1.23 bits per heavy atom. The Balaban J connectivity index is 1.67. The van der Waals surface area contributed by atoms with Crippen molar-refractivity contribution in [2.45, 2.75) is 32.4 Å². The first kappa shape index (κ1) is 20.2. The molecule has 1 fully saturated rings. The van der Waals surface area contributed by atoms with Crippen LogP contribution in [0.15, 0.2) is 53.3 Å². The number of ether oxygens (including phenoxy) is 2. The number of fused-ring (bicyclic) bond motifs is 1. The van der Waals surface area contributed by atoms with Crippen LogP contribution < -0.4 is 10.3 Å². The van der Waals surface area contributed by atoms with E-state index in [0.29, 0.717) is 30.0 Å². The van der Waals surface area contributed by atoms with E-state index in [2.05, 4.69) is 4.98 Å². The SMILES string of the molecule is COc1cccc(C(=O)N(Cc2cc3cccc(C)c3[nH]c2=O)C[C@H]2CCCO2)c1. The zero-order valence-electron chi connectivity index (χ0n) is 17.3. The fourth-order valence-electron chi connectivity index (χ4n) is 3.94. The summed E-state index contributed by atoms with van der Waals surface area (Å²) in [6.45, 7) is 3.34. The molecule has 30 heavy (non-hydrogen) atoms. The highest BCUT2D eigenvalue weighted by atomic mass is 16.5. The molecule has 0 saturated carbocycles. The van der Waals surface area contributed by atoms with Crippen molar-refractivity contribution >= 4 is 16.8 Å². The van der Waals surface area contributed by atoms with Gasteiger partial charge in [0, 0.05) is 24.3 Å². The lowest BCUT2D eigenvalue weighted by Crippen LogP contribution is -2.38. The number of hydrogen-bond donors (Lipinski definition) is 1. The highest BCUT2D eigenvalue weighted by Gasteiger charge is 2.25. The van der Waals surface area contributed by atoms with Gasteiger partial charge in [0.2, 0.25) is 0 Å². The Kier molecular flexibility index (Phi) is 5.86. The minimum atomic E-state index is -0.174. The predicted octanol–water partition coefficient (Wildman–Crippen LogP) is 3.67. The standard InChI is InChI=1S/C24H26N2O4/c1-16-6-3-7-17-12-19(23(27)25-22(16)17)14-26(15-21-10-5-11-30-21)24(28)18-8-4-9-20(13-18)29-2/h3-4,6-9,12-13,21H,5,10-11,14-15H2,1-2H3,(H,25,27)/t21-/m1/s1. The number of hydrogen-bond acceptors (Lipinski definition) is 4. The largest absolute Gasteiger partial charge is 0.497 e. The number of amides is 1. The molecule has 2 aromatic carbocycles. The Labute approximate surface area is 175 Å². The molecule has 3 aromatic rings. The Hall–Kier alpha value is -3.12. The highest BCUT2D eigenvalue weighted by molar-refractivity contribution is 5.94. The number of carbonyl (C=O) groups excluding carboxylic acids is 1. The zero-order chi connectivity index (χ0) is 21.1. The van der Waals surface area contributed by atoms with E-state index in [1.54, 1.807) is 36.3 Å². The van der Waals surface area contributed by atoms with E-state index in [1.165, 1.54) is 0 Å². The topological polar surface area (TPSA) is 71.6 Å². The van der Waals surface area contributed by atoms with Gasteiger partial charge in [-0.25, -0.2) is 0 Å². The number of aryl methyl sites for hydroxylation is 1. The summed E-state index contributed by atoms with van der Waals surface area (Å²) in [7, 11) is 1.57. The number of aromatic nitrogens is 1. The van der Waals surface area contributed by atoms with E-state index in [4.69, 9.17) is 9.47 Å². The van der Waals surface area contributed by atoms with Crippen molar-refractivity contribution in [1.82, 2.24) is 9.88 Å². The van der Waals surface area contributed by atoms with Crippen LogP contribution in [0.1, 0.15) is 34.3 Å². The molecule has 6 nitrogen and oxygen atoms in total. The fourth-order valence-corrected chi connectivity index (χ4v) is 3.94. The summed E-state index contributed by atoms with van der Waals surface area (Å²) in [5.41, 5.74) is 2.76. The number of para-hydroxylation sites is 1. The molecule has 2 heterocycles. The quantitative estimate of drug-likeness (QED) is 0.678. The molecule has 1 amide bonds. The van der Waals surface area contributed by atoms with Crippen molar-refractivity contribution in [2.24, 2.45) is 0 Å². The van der Waals surface area contributed by atoms with Gasteiger partial charge in [0.1, 0.15) is 5.75 Å². The molecule has 0 bridgehead atoms. The summed E-state index contributed by atoms with van der Waals surface area (Å²) in [6.07, 6.45) is 1.89. The van der Waals surface area contributed by atoms with Gasteiger partial charge in [-0.3, -0.25) is 9.59 Å². The molecule has 1 aromatic heterocycles. The summed E-state index contributed by atoms with van der Waals surface area (Å²) in [5.74, 6) is 0.477. The molecule has 1 atom stereocenters. The fraction of sp³-hybridized carbons (Fsp3) is 0.333. The number of aromatic amines is 1. The van der Waals surface area contributed by atoms with Gasteiger partial charge in [0.15, 0.2) is 0 Å². The molecule has 1 saturated heterocycles. The van der Waals surface area contributed by atoms with Gasteiger partial charge in [-0.2, -0.15) is 0 Å². The molecule has 1 N–H and O–H groups in total. The van der Waals surface area contributed by atoms with Crippen LogP contribution in [0.3, 0.4) is 0 Å². The maximum absolute atomic E-state index is 13.3. The molecule has 156 valence electrons. The van der Waals surface area contributed by atoms with E-state index >= 15 is 0 Å². The Bertz CT molecular complexity index is 1120. The molecule has 4 rings (SSSR count). The number of benzene rings is 2. The van der Waals surface area contributed by atoms with Crippen LogP contribution in [0, 0.1) is 6.92 Å². The van der Waals surface area contributed by atoms with Gasteiger partial charge >= 0.3 is 0 Å². The average molecular weight is 406 g/mol. The number of nitrogens with zero attached hydrogens (tertiary/aromatic N) is 1. The van der Waals surface area contributed by atoms with Crippen LogP contribution in [0.4, 0.5) is 0 Å². The molecule has 0 unspecified atom stereocenters. The van der Waals surface area contributed by atoms with Crippen molar-refractivity contribution in [3.05, 3.63) is 75.6 Å². The summed E-state index contributed by atoms with van der Waals surface area (Å²) in [6, 6.07) is 14.9. The van der Waals surface area contributed by atoms with Gasteiger partial charge in [-0.15, -0.1) is 0 Å². The number of rotatable bonds is 6. The average Bonchev–Trinajstić information content (AvgIpc) is 3.27. The molecule has 6 heteroatoms. The summed E-state index contributed by atoms with van der Waals surface area (Å²) in [5, 5.41) is 0.954. The number of methoxy groups -OCH3 is 1. The second-order valence-electron chi connectivity index (χ2n) is 7.72. The van der Waals surface area contributed by atoms with Crippen LogP contribution in [0.5, 0.6) is 5.75 Å². The lowest BCUT2D eigenvalue weighted by atomic mass is 10.1. The van der Waals surface area contributed by atoms with Crippen molar-refractivity contribution in [2.75, 3.05) is 20.3 Å². The van der Waals surface area contributed by atoms with Crippen molar-refractivity contribution in [1.29, 1.82) is 0 Å². The molecular formula is C24H26N2O4. The molecule has 0 radical (unpaired) electrons. The Morgan fingerprint density at radius 3 is 2.83 bits per heavy atom. The second kappa shape index (κ2) is 8.71. The second-order valence-corrected chi connectivity index (χ2v) is 7.72. The van der Waals surface area contributed by atoms with Crippen molar-refractivity contribution in [3.8, 4) is 5.75 Å². The summed E-state index contributed by atoms with van der Waals surface area (Å²) >= 11 is 0. The van der Waals surface area contributed by atoms with Gasteiger partial charge in [-0.05, 0) is 55.0 Å². The van der Waals surface area contributed by atoms with E-state index < -0.39 is 0 Å². The molecule has 1 aliphatic rings. The number of carbonyl (C=O) groups is 1. The van der Waals surface area contributed by atoms with Crippen LogP contribution >= 0.6 is 0 Å². The third-order valence-corrected chi connectivity index (χ3v) is 5.58. The number of H-pyrrole nitrogens is 1. The normalized spacial score (nSPS) is 16.0. The van der Waals surface area contributed by atoms with Crippen molar-refractivity contribution < 1.29 is 14.3 Å². The first-order valence-corrected chi connectivity index (χ1v) is 10.2. The zero-order valence-corrected chi connectivity index (χ0v) is 17.3. The minimum absolute atomic E-state index is 0.0126. The maximum atomic E-state index is 13.3. The molecular weight excluding hydrogens is 380 g/mol. The van der Waals surface area contributed by atoms with Crippen molar-refractivity contribution in [3.63, 3.8) is 0 Å². The van der Waals surface area contributed by atoms with Gasteiger partial charge < -0.3 is 19.4 Å². The number of pyridine rings is 1. The van der Waals surface area contributed by atoms with Crippen LogP contribution in [-0.4, -0.2) is 42.2 Å². The Morgan fingerprint density at radius 2 is 2.07 bits per heavy atom. The van der Waals surface area contributed by atoms with E-state index in [-0.39, 0.29) is 24.1 Å². The lowest BCUT2D eigenvalue weighted by Gasteiger charge is -2.26. The van der Waals surface area contributed by atoms with Crippen LogP contribution in [0.25, 0.3) is 10.9 Å². The minimum Gasteiger partial charge on any atom is -0.497 e. The number of nitrogens with one attached hydrogen (secondary N) is 1. The molecule has 1 aliphatic heterocycles. The highest BCUT2D eigenvalue weighted by Crippen LogP contribution is 2.20. The predicted molar refractivity (Wildman–Crippen MR) is 116 cm³/mol. The van der Waals surface area contributed by atoms with Crippen LogP contribution in [0.2, 0.25) is 0 Å². The van der Waals surface area contributed by atoms with E-state index in [0.717, 1.165) is 29.3 Å².